The number of nitrogens with two attached hydrogens (primary N) is 1. The first-order valence-electron chi connectivity index (χ1n) is 9.78. The molecule has 0 bridgehead atoms. The normalized spacial score (nSPS) is 12.5. The smallest absolute Gasteiger partial charge is 0.335 e. The summed E-state index contributed by atoms with van der Waals surface area (Å²) < 4.78 is 26.2. The molecule has 0 amide bonds. The van der Waals surface area contributed by atoms with Gasteiger partial charge in [0.1, 0.15) is 0 Å². The summed E-state index contributed by atoms with van der Waals surface area (Å²) in [6.45, 7) is 3.85. The molecular formula is C24H25NO4S. The lowest BCUT2D eigenvalue weighted by molar-refractivity contribution is 0.0697. The Bertz CT molecular complexity index is 1170. The number of hydrogen-bond acceptors (Lipinski definition) is 4. The SMILES string of the molecule is CCc1cc(S(=O)(=O)c2ccc(C[C@@H](C)N)cc2)ccc1-c1cccc(C(=O)O)c1. The number of aromatic carboxylic acids is 1. The van der Waals surface area contributed by atoms with Gasteiger partial charge in [0.15, 0.2) is 0 Å². The fourth-order valence-corrected chi connectivity index (χ4v) is 4.75. The fraction of sp³-hybridized carbons (Fsp3) is 0.208. The minimum absolute atomic E-state index is 0.00624. The van der Waals surface area contributed by atoms with Crippen molar-refractivity contribution in [2.45, 2.75) is 42.5 Å². The minimum atomic E-state index is -3.66. The molecule has 6 heteroatoms. The van der Waals surface area contributed by atoms with Gasteiger partial charge < -0.3 is 10.8 Å². The molecule has 3 aromatic rings. The van der Waals surface area contributed by atoms with E-state index in [2.05, 4.69) is 0 Å². The van der Waals surface area contributed by atoms with E-state index in [1.165, 1.54) is 6.07 Å². The number of sulfone groups is 1. The first-order chi connectivity index (χ1) is 14.2. The number of carbonyl (C=O) groups is 1. The minimum Gasteiger partial charge on any atom is -0.478 e. The van der Waals surface area contributed by atoms with Crippen LogP contribution in [0.3, 0.4) is 0 Å². The summed E-state index contributed by atoms with van der Waals surface area (Å²) in [5, 5.41) is 9.24. The zero-order chi connectivity index (χ0) is 21.9. The number of aryl methyl sites for hydroxylation is 1. The van der Waals surface area contributed by atoms with Gasteiger partial charge in [0, 0.05) is 6.04 Å². The Labute approximate surface area is 177 Å². The van der Waals surface area contributed by atoms with Gasteiger partial charge in [-0.15, -0.1) is 0 Å². The second kappa shape index (κ2) is 8.81. The topological polar surface area (TPSA) is 97.5 Å². The molecule has 30 heavy (non-hydrogen) atoms. The van der Waals surface area contributed by atoms with Crippen molar-refractivity contribution in [3.63, 3.8) is 0 Å². The van der Waals surface area contributed by atoms with Crippen LogP contribution >= 0.6 is 0 Å². The van der Waals surface area contributed by atoms with Crippen LogP contribution in [0.25, 0.3) is 11.1 Å². The maximum atomic E-state index is 13.1. The second-order valence-corrected chi connectivity index (χ2v) is 9.34. The average molecular weight is 424 g/mol. The second-order valence-electron chi connectivity index (χ2n) is 7.39. The zero-order valence-corrected chi connectivity index (χ0v) is 17.8. The van der Waals surface area contributed by atoms with Crippen molar-refractivity contribution in [3.05, 3.63) is 83.4 Å². The third-order valence-electron chi connectivity index (χ3n) is 4.98. The van der Waals surface area contributed by atoms with Crippen molar-refractivity contribution >= 4 is 15.8 Å². The van der Waals surface area contributed by atoms with Crippen LogP contribution in [0, 0.1) is 0 Å². The standard InChI is InChI=1S/C24H25NO4S/c1-3-18-15-22(11-12-23(18)19-5-4-6-20(14-19)24(26)27)30(28,29)21-9-7-17(8-10-21)13-16(2)25/h4-12,14-16H,3,13,25H2,1-2H3,(H,26,27)/t16-/m1/s1. The summed E-state index contributed by atoms with van der Waals surface area (Å²) in [6, 6.07) is 18.5. The molecule has 0 spiro atoms. The summed E-state index contributed by atoms with van der Waals surface area (Å²) in [6.07, 6.45) is 1.30. The van der Waals surface area contributed by atoms with E-state index in [9.17, 15) is 18.3 Å². The van der Waals surface area contributed by atoms with Gasteiger partial charge in [-0.2, -0.15) is 0 Å². The van der Waals surface area contributed by atoms with Gasteiger partial charge >= 0.3 is 5.97 Å². The highest BCUT2D eigenvalue weighted by Gasteiger charge is 2.19. The Morgan fingerprint density at radius 2 is 1.67 bits per heavy atom. The van der Waals surface area contributed by atoms with Gasteiger partial charge in [0.25, 0.3) is 0 Å². The van der Waals surface area contributed by atoms with E-state index in [0.717, 1.165) is 22.3 Å². The van der Waals surface area contributed by atoms with E-state index in [1.807, 2.05) is 19.9 Å². The Morgan fingerprint density at radius 1 is 1.00 bits per heavy atom. The first kappa shape index (κ1) is 21.7. The monoisotopic (exact) mass is 423 g/mol. The van der Waals surface area contributed by atoms with Crippen LogP contribution in [-0.4, -0.2) is 25.5 Å². The molecule has 0 aliphatic carbocycles. The Hall–Kier alpha value is -2.96. The van der Waals surface area contributed by atoms with Gasteiger partial charge in [-0.3, -0.25) is 0 Å². The largest absolute Gasteiger partial charge is 0.478 e. The van der Waals surface area contributed by atoms with Crippen LogP contribution in [0.5, 0.6) is 0 Å². The summed E-state index contributed by atoms with van der Waals surface area (Å²) in [5.74, 6) is -0.999. The van der Waals surface area contributed by atoms with Crippen molar-refractivity contribution in [1.29, 1.82) is 0 Å². The van der Waals surface area contributed by atoms with Crippen molar-refractivity contribution in [2.24, 2.45) is 5.73 Å². The predicted octanol–water partition coefficient (Wildman–Crippen LogP) is 4.34. The van der Waals surface area contributed by atoms with Crippen LogP contribution in [0.2, 0.25) is 0 Å². The summed E-state index contributed by atoms with van der Waals surface area (Å²) in [4.78, 5) is 11.7. The molecule has 0 radical (unpaired) electrons. The first-order valence-corrected chi connectivity index (χ1v) is 11.3. The molecule has 0 aromatic heterocycles. The van der Waals surface area contributed by atoms with E-state index in [0.29, 0.717) is 12.8 Å². The molecule has 0 saturated carbocycles. The molecule has 0 saturated heterocycles. The zero-order valence-electron chi connectivity index (χ0n) is 17.0. The molecule has 0 heterocycles. The molecule has 156 valence electrons. The third-order valence-corrected chi connectivity index (χ3v) is 6.75. The molecule has 0 aliphatic heterocycles. The van der Waals surface area contributed by atoms with Crippen molar-refractivity contribution in [3.8, 4) is 11.1 Å². The maximum Gasteiger partial charge on any atom is 0.335 e. The van der Waals surface area contributed by atoms with Crippen molar-refractivity contribution in [1.82, 2.24) is 0 Å². The highest BCUT2D eigenvalue weighted by Crippen LogP contribution is 2.30. The number of benzene rings is 3. The lowest BCUT2D eigenvalue weighted by Crippen LogP contribution is -2.17. The maximum absolute atomic E-state index is 13.1. The molecule has 0 unspecified atom stereocenters. The molecule has 3 aromatic carbocycles. The summed E-state index contributed by atoms with van der Waals surface area (Å²) >= 11 is 0. The van der Waals surface area contributed by atoms with Gasteiger partial charge in [0.2, 0.25) is 9.84 Å². The van der Waals surface area contributed by atoms with Crippen molar-refractivity contribution < 1.29 is 18.3 Å². The van der Waals surface area contributed by atoms with E-state index >= 15 is 0 Å². The fourth-order valence-electron chi connectivity index (χ4n) is 3.44. The van der Waals surface area contributed by atoms with Crippen LogP contribution in [0.1, 0.15) is 35.3 Å². The van der Waals surface area contributed by atoms with E-state index in [1.54, 1.807) is 54.6 Å². The van der Waals surface area contributed by atoms with Crippen LogP contribution in [0.15, 0.2) is 76.5 Å². The molecule has 5 nitrogen and oxygen atoms in total. The molecule has 0 aliphatic rings. The summed E-state index contributed by atoms with van der Waals surface area (Å²) in [5.41, 5.74) is 9.41. The highest BCUT2D eigenvalue weighted by molar-refractivity contribution is 7.91. The van der Waals surface area contributed by atoms with E-state index in [4.69, 9.17) is 5.73 Å². The van der Waals surface area contributed by atoms with E-state index < -0.39 is 15.8 Å². The quantitative estimate of drug-likeness (QED) is 0.589. The van der Waals surface area contributed by atoms with Gasteiger partial charge in [0.05, 0.1) is 15.4 Å². The lowest BCUT2D eigenvalue weighted by atomic mass is 9.97. The third kappa shape index (κ3) is 4.61. The van der Waals surface area contributed by atoms with Gasteiger partial charge in [-0.1, -0.05) is 37.3 Å². The van der Waals surface area contributed by atoms with Crippen LogP contribution < -0.4 is 5.73 Å². The molecule has 3 N–H and O–H groups in total. The van der Waals surface area contributed by atoms with Crippen molar-refractivity contribution in [2.75, 3.05) is 0 Å². The molecular weight excluding hydrogens is 398 g/mol. The van der Waals surface area contributed by atoms with Crippen LogP contribution in [0.4, 0.5) is 0 Å². The highest BCUT2D eigenvalue weighted by atomic mass is 32.2. The van der Waals surface area contributed by atoms with Gasteiger partial charge in [-0.05, 0) is 78.4 Å². The average Bonchev–Trinajstić information content (AvgIpc) is 2.73. The number of carboxylic acid groups (broad SMARTS) is 1. The Morgan fingerprint density at radius 3 is 2.27 bits per heavy atom. The number of hydrogen-bond donors (Lipinski definition) is 2. The summed E-state index contributed by atoms with van der Waals surface area (Å²) in [7, 11) is -3.66. The Balaban J connectivity index is 1.99. The number of rotatable bonds is 7. The predicted molar refractivity (Wildman–Crippen MR) is 117 cm³/mol. The van der Waals surface area contributed by atoms with E-state index in [-0.39, 0.29) is 21.4 Å². The molecule has 3 rings (SSSR count). The van der Waals surface area contributed by atoms with Gasteiger partial charge in [-0.25, -0.2) is 13.2 Å². The molecule has 1 atom stereocenters. The lowest BCUT2D eigenvalue weighted by Gasteiger charge is -2.13. The number of carboxylic acids is 1. The van der Waals surface area contributed by atoms with Crippen LogP contribution in [-0.2, 0) is 22.7 Å². The molecule has 0 fully saturated rings. The Kier molecular flexibility index (Phi) is 6.39.